The van der Waals surface area contributed by atoms with E-state index in [0.717, 1.165) is 10.4 Å². The number of hydrogen-bond donors (Lipinski definition) is 0. The maximum absolute atomic E-state index is 11.7. The van der Waals surface area contributed by atoms with Crippen molar-refractivity contribution in [1.82, 2.24) is 10.2 Å². The van der Waals surface area contributed by atoms with Gasteiger partial charge in [-0.05, 0) is 23.1 Å². The molecular formula is C15H12N2O3S2. The zero-order valence-electron chi connectivity index (χ0n) is 11.7. The van der Waals surface area contributed by atoms with Gasteiger partial charge >= 0.3 is 5.97 Å². The fourth-order valence-corrected chi connectivity index (χ4v) is 3.27. The lowest BCUT2D eigenvalue weighted by atomic mass is 10.1. The summed E-state index contributed by atoms with van der Waals surface area (Å²) in [5.74, 6) is 0.719. The van der Waals surface area contributed by atoms with Gasteiger partial charge in [0, 0.05) is 5.75 Å². The van der Waals surface area contributed by atoms with E-state index in [1.807, 2.05) is 35.7 Å². The average molecular weight is 332 g/mol. The molecule has 5 nitrogen and oxygen atoms in total. The van der Waals surface area contributed by atoms with Crippen LogP contribution in [0.1, 0.15) is 15.9 Å². The van der Waals surface area contributed by atoms with Crippen molar-refractivity contribution in [3.05, 3.63) is 52.9 Å². The number of methoxy groups -OCH3 is 1. The lowest BCUT2D eigenvalue weighted by Gasteiger charge is -2.05. The minimum atomic E-state index is -0.346. The summed E-state index contributed by atoms with van der Waals surface area (Å²) in [7, 11) is 1.37. The zero-order chi connectivity index (χ0) is 15.4. The highest BCUT2D eigenvalue weighted by Gasteiger charge is 2.14. The van der Waals surface area contributed by atoms with Gasteiger partial charge in [0.1, 0.15) is 0 Å². The van der Waals surface area contributed by atoms with E-state index in [-0.39, 0.29) is 5.97 Å². The number of thioether (sulfide) groups is 1. The van der Waals surface area contributed by atoms with Crippen LogP contribution in [0.4, 0.5) is 0 Å². The van der Waals surface area contributed by atoms with E-state index in [1.165, 1.54) is 18.9 Å². The Balaban J connectivity index is 1.72. The van der Waals surface area contributed by atoms with Gasteiger partial charge < -0.3 is 9.15 Å². The Hall–Kier alpha value is -2.12. The molecule has 7 heteroatoms. The Bertz CT molecular complexity index is 769. The molecule has 0 atom stereocenters. The third-order valence-corrected chi connectivity index (χ3v) is 4.64. The number of rotatable bonds is 5. The first-order valence-corrected chi connectivity index (χ1v) is 8.31. The van der Waals surface area contributed by atoms with Crippen molar-refractivity contribution < 1.29 is 13.9 Å². The van der Waals surface area contributed by atoms with E-state index in [4.69, 9.17) is 9.15 Å². The van der Waals surface area contributed by atoms with E-state index in [9.17, 15) is 4.79 Å². The maximum Gasteiger partial charge on any atom is 0.338 e. The van der Waals surface area contributed by atoms with Crippen LogP contribution < -0.4 is 0 Å². The lowest BCUT2D eigenvalue weighted by molar-refractivity contribution is 0.0600. The summed E-state index contributed by atoms with van der Waals surface area (Å²) in [6, 6.07) is 11.2. The highest BCUT2D eigenvalue weighted by atomic mass is 32.2. The number of benzene rings is 1. The number of hydrogen-bond acceptors (Lipinski definition) is 7. The summed E-state index contributed by atoms with van der Waals surface area (Å²) < 4.78 is 10.4. The second kappa shape index (κ2) is 6.76. The second-order valence-electron chi connectivity index (χ2n) is 4.29. The number of thiophene rings is 1. The van der Waals surface area contributed by atoms with E-state index in [1.54, 1.807) is 17.4 Å². The summed E-state index contributed by atoms with van der Waals surface area (Å²) in [6.07, 6.45) is 0. The van der Waals surface area contributed by atoms with Crippen LogP contribution in [0, 0.1) is 0 Å². The third kappa shape index (κ3) is 3.20. The molecule has 0 radical (unpaired) electrons. The predicted octanol–water partition coefficient (Wildman–Crippen LogP) is 3.88. The van der Waals surface area contributed by atoms with Crippen LogP contribution in [0.2, 0.25) is 0 Å². The van der Waals surface area contributed by atoms with Gasteiger partial charge in [-0.25, -0.2) is 4.79 Å². The molecule has 2 heterocycles. The summed E-state index contributed by atoms with van der Waals surface area (Å²) in [5, 5.41) is 10.5. The van der Waals surface area contributed by atoms with Crippen LogP contribution in [0.25, 0.3) is 10.8 Å². The number of esters is 1. The molecule has 2 aromatic heterocycles. The minimum absolute atomic E-state index is 0.346. The van der Waals surface area contributed by atoms with Crippen LogP contribution in [-0.2, 0) is 10.5 Å². The van der Waals surface area contributed by atoms with Gasteiger partial charge in [0.25, 0.3) is 11.1 Å². The molecule has 0 bridgehead atoms. The van der Waals surface area contributed by atoms with Crippen LogP contribution in [0.5, 0.6) is 0 Å². The van der Waals surface area contributed by atoms with Crippen LogP contribution in [-0.4, -0.2) is 23.3 Å². The number of carbonyl (C=O) groups excluding carboxylic acids is 1. The lowest BCUT2D eigenvalue weighted by Crippen LogP contribution is -2.04. The monoisotopic (exact) mass is 332 g/mol. The quantitative estimate of drug-likeness (QED) is 0.522. The first-order valence-electron chi connectivity index (χ1n) is 6.44. The van der Waals surface area contributed by atoms with Crippen molar-refractivity contribution in [2.75, 3.05) is 7.11 Å². The zero-order valence-corrected chi connectivity index (χ0v) is 13.3. The Kier molecular flexibility index (Phi) is 4.55. The number of nitrogens with zero attached hydrogens (tertiary/aromatic N) is 2. The molecule has 3 aromatic rings. The average Bonchev–Trinajstić information content (AvgIpc) is 3.23. The van der Waals surface area contributed by atoms with Crippen molar-refractivity contribution in [3.8, 4) is 10.8 Å². The topological polar surface area (TPSA) is 65.2 Å². The SMILES string of the molecule is COC(=O)c1ccccc1CSc1nnc(-c2cccs2)o1. The van der Waals surface area contributed by atoms with Gasteiger partial charge in [0.15, 0.2) is 0 Å². The number of aromatic nitrogens is 2. The molecule has 0 saturated heterocycles. The standard InChI is InChI=1S/C15H12N2O3S2/c1-19-14(18)11-6-3-2-5-10(11)9-22-15-17-16-13(20-15)12-7-4-8-21-12/h2-8H,9H2,1H3. The molecule has 0 aliphatic carbocycles. The van der Waals surface area contributed by atoms with Gasteiger partial charge in [-0.15, -0.1) is 21.5 Å². The first-order chi connectivity index (χ1) is 10.8. The fourth-order valence-electron chi connectivity index (χ4n) is 1.86. The second-order valence-corrected chi connectivity index (χ2v) is 6.16. The summed E-state index contributed by atoms with van der Waals surface area (Å²) in [4.78, 5) is 12.7. The van der Waals surface area contributed by atoms with Gasteiger partial charge in [-0.3, -0.25) is 0 Å². The van der Waals surface area contributed by atoms with Crippen LogP contribution in [0.3, 0.4) is 0 Å². The predicted molar refractivity (Wildman–Crippen MR) is 85.0 cm³/mol. The highest BCUT2D eigenvalue weighted by Crippen LogP contribution is 2.28. The van der Waals surface area contributed by atoms with Crippen LogP contribution in [0.15, 0.2) is 51.4 Å². The first kappa shape index (κ1) is 14.8. The molecule has 0 unspecified atom stereocenters. The molecule has 0 fully saturated rings. The van der Waals surface area contributed by atoms with E-state index in [0.29, 0.717) is 22.4 Å². The van der Waals surface area contributed by atoms with Crippen molar-refractivity contribution in [2.45, 2.75) is 11.0 Å². The summed E-state index contributed by atoms with van der Waals surface area (Å²) in [6.45, 7) is 0. The molecule has 1 aromatic carbocycles. The van der Waals surface area contributed by atoms with Crippen molar-refractivity contribution in [3.63, 3.8) is 0 Å². The minimum Gasteiger partial charge on any atom is -0.465 e. The van der Waals surface area contributed by atoms with Crippen LogP contribution >= 0.6 is 23.1 Å². The van der Waals surface area contributed by atoms with Crippen molar-refractivity contribution in [2.24, 2.45) is 0 Å². The smallest absolute Gasteiger partial charge is 0.338 e. The molecule has 0 aliphatic heterocycles. The Labute approximate surface area is 135 Å². The number of ether oxygens (including phenoxy) is 1. The molecule has 0 aliphatic rings. The largest absolute Gasteiger partial charge is 0.465 e. The Morgan fingerprint density at radius 1 is 1.27 bits per heavy atom. The molecule has 0 N–H and O–H groups in total. The molecule has 22 heavy (non-hydrogen) atoms. The Morgan fingerprint density at radius 3 is 2.91 bits per heavy atom. The van der Waals surface area contributed by atoms with Gasteiger partial charge in [-0.1, -0.05) is 36.0 Å². The molecule has 0 spiro atoms. The highest BCUT2D eigenvalue weighted by molar-refractivity contribution is 7.98. The summed E-state index contributed by atoms with van der Waals surface area (Å²) >= 11 is 2.94. The normalized spacial score (nSPS) is 10.6. The number of carbonyl (C=O) groups is 1. The Morgan fingerprint density at radius 2 is 2.14 bits per heavy atom. The molecule has 0 amide bonds. The maximum atomic E-state index is 11.7. The molecule has 3 rings (SSSR count). The molecular weight excluding hydrogens is 320 g/mol. The molecule has 0 saturated carbocycles. The van der Waals surface area contributed by atoms with Gasteiger partial charge in [0.2, 0.25) is 0 Å². The van der Waals surface area contributed by atoms with E-state index < -0.39 is 0 Å². The molecule has 112 valence electrons. The third-order valence-electron chi connectivity index (χ3n) is 2.91. The van der Waals surface area contributed by atoms with Crippen molar-refractivity contribution >= 4 is 29.1 Å². The van der Waals surface area contributed by atoms with Gasteiger partial charge in [0.05, 0.1) is 17.6 Å². The van der Waals surface area contributed by atoms with Gasteiger partial charge in [-0.2, -0.15) is 0 Å². The fraction of sp³-hybridized carbons (Fsp3) is 0.133. The van der Waals surface area contributed by atoms with E-state index in [2.05, 4.69) is 10.2 Å². The van der Waals surface area contributed by atoms with Crippen molar-refractivity contribution in [1.29, 1.82) is 0 Å². The summed E-state index contributed by atoms with van der Waals surface area (Å²) in [5.41, 5.74) is 1.42. The van der Waals surface area contributed by atoms with E-state index >= 15 is 0 Å².